The number of rotatable bonds is 6. The average molecular weight is 272 g/mol. The van der Waals surface area contributed by atoms with Crippen molar-refractivity contribution in [1.29, 1.82) is 5.26 Å². The first-order valence-electron chi connectivity index (χ1n) is 7.59. The zero-order chi connectivity index (χ0) is 14.2. The first kappa shape index (κ1) is 14.9. The van der Waals surface area contributed by atoms with E-state index in [-0.39, 0.29) is 0 Å². The van der Waals surface area contributed by atoms with Crippen molar-refractivity contribution in [2.24, 2.45) is 5.92 Å². The molecule has 1 aromatic rings. The number of piperidine rings is 1. The minimum atomic E-state index is 0.661. The van der Waals surface area contributed by atoms with E-state index >= 15 is 0 Å². The highest BCUT2D eigenvalue weighted by Crippen LogP contribution is 2.21. The lowest BCUT2D eigenvalue weighted by molar-refractivity contribution is 0.206. The highest BCUT2D eigenvalue weighted by molar-refractivity contribution is 5.36. The number of benzene rings is 1. The second-order valence-corrected chi connectivity index (χ2v) is 5.73. The summed E-state index contributed by atoms with van der Waals surface area (Å²) in [5.41, 5.74) is 0.661. The maximum atomic E-state index is 8.83. The lowest BCUT2D eigenvalue weighted by Gasteiger charge is -2.28. The van der Waals surface area contributed by atoms with Crippen LogP contribution in [0.1, 0.15) is 37.7 Å². The van der Waals surface area contributed by atoms with E-state index in [1.54, 1.807) is 12.1 Å². The molecule has 1 aliphatic rings. The fraction of sp³-hybridized carbons (Fsp3) is 0.588. The molecule has 1 aromatic carbocycles. The first-order valence-corrected chi connectivity index (χ1v) is 7.59. The maximum absolute atomic E-state index is 8.83. The summed E-state index contributed by atoms with van der Waals surface area (Å²) < 4.78 is 5.70. The molecule has 0 atom stereocenters. The topological polar surface area (TPSA) is 36.3 Å². The Morgan fingerprint density at radius 3 is 2.85 bits per heavy atom. The van der Waals surface area contributed by atoms with Crippen LogP contribution in [0.3, 0.4) is 0 Å². The van der Waals surface area contributed by atoms with Gasteiger partial charge in [-0.1, -0.05) is 12.5 Å². The molecule has 0 unspecified atom stereocenters. The molecule has 0 saturated carbocycles. The standard InChI is InChI=1S/C17H24N2O/c1-19-10-8-15(9-11-19)5-2-3-12-20-17-7-4-6-16(13-17)14-18/h4,6-7,13,15H,2-3,5,8-12H2,1H3. The molecule has 0 radical (unpaired) electrons. The summed E-state index contributed by atoms with van der Waals surface area (Å²) in [5.74, 6) is 1.72. The van der Waals surface area contributed by atoms with Gasteiger partial charge in [0.15, 0.2) is 0 Å². The molecular weight excluding hydrogens is 248 g/mol. The summed E-state index contributed by atoms with van der Waals surface area (Å²) in [7, 11) is 2.21. The van der Waals surface area contributed by atoms with Crippen molar-refractivity contribution in [3.05, 3.63) is 29.8 Å². The Kier molecular flexibility index (Phi) is 5.88. The van der Waals surface area contributed by atoms with Gasteiger partial charge in [-0.2, -0.15) is 5.26 Å². The van der Waals surface area contributed by atoms with Gasteiger partial charge in [-0.3, -0.25) is 0 Å². The van der Waals surface area contributed by atoms with E-state index in [0.29, 0.717) is 5.56 Å². The fourth-order valence-corrected chi connectivity index (χ4v) is 2.73. The molecule has 1 saturated heterocycles. The van der Waals surface area contributed by atoms with Crippen molar-refractivity contribution in [3.63, 3.8) is 0 Å². The third-order valence-electron chi connectivity index (χ3n) is 4.08. The highest BCUT2D eigenvalue weighted by atomic mass is 16.5. The molecule has 0 bridgehead atoms. The summed E-state index contributed by atoms with van der Waals surface area (Å²) >= 11 is 0. The van der Waals surface area contributed by atoms with Crippen LogP contribution < -0.4 is 4.74 Å². The van der Waals surface area contributed by atoms with E-state index < -0.39 is 0 Å². The van der Waals surface area contributed by atoms with Crippen molar-refractivity contribution < 1.29 is 4.74 Å². The van der Waals surface area contributed by atoms with Crippen LogP contribution in [0.2, 0.25) is 0 Å². The number of unbranched alkanes of at least 4 members (excludes halogenated alkanes) is 1. The Bertz CT molecular complexity index is 445. The molecule has 0 spiro atoms. The van der Waals surface area contributed by atoms with Gasteiger partial charge in [0, 0.05) is 0 Å². The molecule has 0 aliphatic carbocycles. The van der Waals surface area contributed by atoms with Crippen LogP contribution >= 0.6 is 0 Å². The maximum Gasteiger partial charge on any atom is 0.120 e. The quantitative estimate of drug-likeness (QED) is 0.744. The summed E-state index contributed by atoms with van der Waals surface area (Å²) in [4.78, 5) is 2.42. The summed E-state index contributed by atoms with van der Waals surface area (Å²) in [6, 6.07) is 9.51. The van der Waals surface area contributed by atoms with Crippen LogP contribution in [0.5, 0.6) is 5.75 Å². The molecule has 1 aliphatic heterocycles. The fourth-order valence-electron chi connectivity index (χ4n) is 2.73. The number of likely N-dealkylation sites (tertiary alicyclic amines) is 1. The van der Waals surface area contributed by atoms with Gasteiger partial charge < -0.3 is 9.64 Å². The van der Waals surface area contributed by atoms with E-state index in [1.165, 1.54) is 38.8 Å². The van der Waals surface area contributed by atoms with Crippen LogP contribution in [0, 0.1) is 17.2 Å². The number of hydrogen-bond donors (Lipinski definition) is 0. The smallest absolute Gasteiger partial charge is 0.120 e. The van der Waals surface area contributed by atoms with Crippen molar-refractivity contribution in [1.82, 2.24) is 4.90 Å². The Hall–Kier alpha value is -1.53. The average Bonchev–Trinajstić information content (AvgIpc) is 2.49. The van der Waals surface area contributed by atoms with Crippen LogP contribution in [-0.4, -0.2) is 31.6 Å². The second-order valence-electron chi connectivity index (χ2n) is 5.73. The van der Waals surface area contributed by atoms with E-state index in [9.17, 15) is 0 Å². The monoisotopic (exact) mass is 272 g/mol. The molecular formula is C17H24N2O. The number of nitriles is 1. The molecule has 2 rings (SSSR count). The van der Waals surface area contributed by atoms with Crippen molar-refractivity contribution >= 4 is 0 Å². The molecule has 0 amide bonds. The van der Waals surface area contributed by atoms with Gasteiger partial charge in [0.1, 0.15) is 5.75 Å². The van der Waals surface area contributed by atoms with Gasteiger partial charge in [-0.25, -0.2) is 0 Å². The summed E-state index contributed by atoms with van der Waals surface area (Å²) in [5, 5.41) is 8.83. The van der Waals surface area contributed by atoms with Gasteiger partial charge >= 0.3 is 0 Å². The molecule has 20 heavy (non-hydrogen) atoms. The third kappa shape index (κ3) is 4.86. The second kappa shape index (κ2) is 7.91. The number of hydrogen-bond acceptors (Lipinski definition) is 3. The third-order valence-corrected chi connectivity index (χ3v) is 4.08. The Morgan fingerprint density at radius 1 is 1.30 bits per heavy atom. The van der Waals surface area contributed by atoms with E-state index in [2.05, 4.69) is 18.0 Å². The SMILES string of the molecule is CN1CCC(CCCCOc2cccc(C#N)c2)CC1. The Labute approximate surface area is 122 Å². The van der Waals surface area contributed by atoms with Gasteiger partial charge in [-0.05, 0) is 69.9 Å². The van der Waals surface area contributed by atoms with Crippen molar-refractivity contribution in [3.8, 4) is 11.8 Å². The van der Waals surface area contributed by atoms with Gasteiger partial charge in [-0.15, -0.1) is 0 Å². The van der Waals surface area contributed by atoms with Crippen LogP contribution in [0.25, 0.3) is 0 Å². The lowest BCUT2D eigenvalue weighted by Crippen LogP contribution is -2.30. The van der Waals surface area contributed by atoms with Crippen LogP contribution in [0.4, 0.5) is 0 Å². The molecule has 3 heteroatoms. The molecule has 1 fully saturated rings. The van der Waals surface area contributed by atoms with Gasteiger partial charge in [0.25, 0.3) is 0 Å². The van der Waals surface area contributed by atoms with Gasteiger partial charge in [0.2, 0.25) is 0 Å². The highest BCUT2D eigenvalue weighted by Gasteiger charge is 2.15. The zero-order valence-electron chi connectivity index (χ0n) is 12.3. The molecule has 108 valence electrons. The van der Waals surface area contributed by atoms with E-state index in [0.717, 1.165) is 24.7 Å². The predicted octanol–water partition coefficient (Wildman–Crippen LogP) is 3.45. The lowest BCUT2D eigenvalue weighted by atomic mass is 9.92. The summed E-state index contributed by atoms with van der Waals surface area (Å²) in [6.45, 7) is 3.26. The predicted molar refractivity (Wildman–Crippen MR) is 80.7 cm³/mol. The number of nitrogens with zero attached hydrogens (tertiary/aromatic N) is 2. The molecule has 0 aromatic heterocycles. The minimum Gasteiger partial charge on any atom is -0.494 e. The van der Waals surface area contributed by atoms with Crippen molar-refractivity contribution in [2.75, 3.05) is 26.7 Å². The normalized spacial score (nSPS) is 16.8. The van der Waals surface area contributed by atoms with E-state index in [1.807, 2.05) is 12.1 Å². The minimum absolute atomic E-state index is 0.661. The molecule has 0 N–H and O–H groups in total. The van der Waals surface area contributed by atoms with Gasteiger partial charge in [0.05, 0.1) is 18.2 Å². The van der Waals surface area contributed by atoms with Crippen LogP contribution in [0.15, 0.2) is 24.3 Å². The van der Waals surface area contributed by atoms with Crippen LogP contribution in [-0.2, 0) is 0 Å². The zero-order valence-corrected chi connectivity index (χ0v) is 12.3. The van der Waals surface area contributed by atoms with Crippen molar-refractivity contribution in [2.45, 2.75) is 32.1 Å². The molecule has 1 heterocycles. The summed E-state index contributed by atoms with van der Waals surface area (Å²) in [6.07, 6.45) is 6.37. The largest absolute Gasteiger partial charge is 0.494 e. The van der Waals surface area contributed by atoms with E-state index in [4.69, 9.17) is 10.00 Å². The molecule has 3 nitrogen and oxygen atoms in total. The Morgan fingerprint density at radius 2 is 2.10 bits per heavy atom. The number of ether oxygens (including phenoxy) is 1. The first-order chi connectivity index (χ1) is 9.78. The Balaban J connectivity index is 1.58.